The van der Waals surface area contributed by atoms with E-state index in [1.807, 2.05) is 26.8 Å². The van der Waals surface area contributed by atoms with E-state index < -0.39 is 12.2 Å². The summed E-state index contributed by atoms with van der Waals surface area (Å²) < 4.78 is 0. The number of nitrogens with one attached hydrogen (secondary N) is 2. The molecular weight excluding hydrogens is 523 g/mol. The van der Waals surface area contributed by atoms with Crippen molar-refractivity contribution in [2.75, 3.05) is 17.2 Å². The highest BCUT2D eigenvalue weighted by molar-refractivity contribution is 6.34. The zero-order valence-corrected chi connectivity index (χ0v) is 22.4. The van der Waals surface area contributed by atoms with Crippen LogP contribution in [0.1, 0.15) is 31.9 Å². The summed E-state index contributed by atoms with van der Waals surface area (Å²) in [5, 5.41) is 25.7. The first-order valence-electron chi connectivity index (χ1n) is 10.5. The maximum atomic E-state index is 9.40. The lowest BCUT2D eigenvalue weighted by molar-refractivity contribution is -0.193. The van der Waals surface area contributed by atoms with Crippen LogP contribution in [-0.2, 0) is 19.2 Å². The standard InChI is InChI=1S/C12H15ClN2O.C11H13ClN2O.2CO2/c1-7-10(15-8(2)9(3)16)5-6-11(14-4)12(7)13;1-7(15)6-14-9-4-5-10(13-3)11(12)8(9)2;2*2-1-3/h5-6,8-9,15-16H,1-3H3;4-5,7,14-15H,6H2,1-2H3;;/t8-,9-;7-;;/m00../s1. The van der Waals surface area contributed by atoms with Crippen LogP contribution in [0.15, 0.2) is 24.3 Å². The summed E-state index contributed by atoms with van der Waals surface area (Å²) in [6.07, 6.45) is -0.359. The second kappa shape index (κ2) is 19.5. The molecule has 198 valence electrons. The molecule has 0 aliphatic heterocycles. The smallest absolute Gasteiger partial charge is 0.373 e. The molecule has 0 bridgehead atoms. The average molecular weight is 551 g/mol. The highest BCUT2D eigenvalue weighted by atomic mass is 35.5. The maximum absolute atomic E-state index is 9.40. The highest BCUT2D eigenvalue weighted by Crippen LogP contribution is 2.34. The number of hydrogen-bond acceptors (Lipinski definition) is 8. The second-order valence-electron chi connectivity index (χ2n) is 7.44. The van der Waals surface area contributed by atoms with Crippen LogP contribution in [0.2, 0.25) is 10.0 Å². The molecule has 0 radical (unpaired) electrons. The Morgan fingerprint density at radius 3 is 1.57 bits per heavy atom. The van der Waals surface area contributed by atoms with Crippen molar-refractivity contribution in [3.63, 3.8) is 0 Å². The lowest BCUT2D eigenvalue weighted by Gasteiger charge is -2.20. The first-order chi connectivity index (χ1) is 17.4. The van der Waals surface area contributed by atoms with Gasteiger partial charge in [0.1, 0.15) is 0 Å². The predicted octanol–water partition coefficient (Wildman–Crippen LogP) is 5.21. The number of anilines is 2. The number of halogens is 2. The van der Waals surface area contributed by atoms with E-state index in [-0.39, 0.29) is 18.3 Å². The zero-order chi connectivity index (χ0) is 29.1. The molecule has 0 saturated carbocycles. The molecule has 2 aromatic carbocycles. The monoisotopic (exact) mass is 550 g/mol. The summed E-state index contributed by atoms with van der Waals surface area (Å²) in [4.78, 5) is 39.1. The first-order valence-corrected chi connectivity index (χ1v) is 11.3. The molecule has 0 aliphatic rings. The van der Waals surface area contributed by atoms with Gasteiger partial charge in [-0.05, 0) is 57.9 Å². The van der Waals surface area contributed by atoms with Gasteiger partial charge in [0, 0.05) is 24.0 Å². The van der Waals surface area contributed by atoms with Crippen molar-refractivity contribution in [2.24, 2.45) is 0 Å². The highest BCUT2D eigenvalue weighted by Gasteiger charge is 2.12. The van der Waals surface area contributed by atoms with Crippen molar-refractivity contribution in [1.82, 2.24) is 0 Å². The molecule has 2 aromatic rings. The average Bonchev–Trinajstić information content (AvgIpc) is 2.84. The molecule has 0 heterocycles. The van der Waals surface area contributed by atoms with Gasteiger partial charge in [0.2, 0.25) is 11.4 Å². The van der Waals surface area contributed by atoms with Crippen LogP contribution in [-0.4, -0.2) is 47.3 Å². The number of benzene rings is 2. The van der Waals surface area contributed by atoms with Gasteiger partial charge >= 0.3 is 12.3 Å². The van der Waals surface area contributed by atoms with Gasteiger partial charge in [-0.15, -0.1) is 0 Å². The summed E-state index contributed by atoms with van der Waals surface area (Å²) in [5.74, 6) is 0. The van der Waals surface area contributed by atoms with Gasteiger partial charge in [0.15, 0.2) is 0 Å². The van der Waals surface area contributed by atoms with Crippen LogP contribution in [0.4, 0.5) is 22.7 Å². The van der Waals surface area contributed by atoms with E-state index in [1.165, 1.54) is 0 Å². The fraction of sp³-hybridized carbons (Fsp3) is 0.360. The van der Waals surface area contributed by atoms with Crippen molar-refractivity contribution < 1.29 is 29.4 Å². The topological polar surface area (TPSA) is 142 Å². The van der Waals surface area contributed by atoms with Crippen LogP contribution < -0.4 is 10.6 Å². The Morgan fingerprint density at radius 1 is 0.838 bits per heavy atom. The Kier molecular flexibility index (Phi) is 18.6. The molecule has 0 aromatic heterocycles. The van der Waals surface area contributed by atoms with Crippen LogP contribution in [0.5, 0.6) is 0 Å². The van der Waals surface area contributed by atoms with Gasteiger partial charge in [0.05, 0.1) is 35.4 Å². The molecular formula is C25H28Cl2N4O6. The normalized spacial score (nSPS) is 11.3. The Balaban J connectivity index is 0. The fourth-order valence-corrected chi connectivity index (χ4v) is 2.90. The number of aliphatic hydroxyl groups excluding tert-OH is 2. The van der Waals surface area contributed by atoms with Crippen molar-refractivity contribution in [2.45, 2.75) is 52.9 Å². The number of nitrogens with zero attached hydrogens (tertiary/aromatic N) is 2. The Morgan fingerprint density at radius 2 is 1.22 bits per heavy atom. The summed E-state index contributed by atoms with van der Waals surface area (Å²) in [7, 11) is 0. The third-order valence-corrected chi connectivity index (χ3v) is 5.62. The quantitative estimate of drug-likeness (QED) is 0.359. The minimum Gasteiger partial charge on any atom is -0.392 e. The lowest BCUT2D eigenvalue weighted by atomic mass is 10.1. The zero-order valence-electron chi connectivity index (χ0n) is 20.9. The fourth-order valence-electron chi connectivity index (χ4n) is 2.49. The molecule has 0 aliphatic carbocycles. The van der Waals surface area contributed by atoms with Gasteiger partial charge in [-0.3, -0.25) is 0 Å². The van der Waals surface area contributed by atoms with Gasteiger partial charge in [-0.1, -0.05) is 35.3 Å². The summed E-state index contributed by atoms with van der Waals surface area (Å²) >= 11 is 12.0. The van der Waals surface area contributed by atoms with Gasteiger partial charge in [0.25, 0.3) is 0 Å². The van der Waals surface area contributed by atoms with Gasteiger partial charge in [-0.2, -0.15) is 19.2 Å². The van der Waals surface area contributed by atoms with E-state index in [0.29, 0.717) is 28.0 Å². The first kappa shape index (κ1) is 35.4. The summed E-state index contributed by atoms with van der Waals surface area (Å²) in [5.41, 5.74) is 4.29. The Bertz CT molecular complexity index is 1150. The molecule has 0 fully saturated rings. The third-order valence-electron chi connectivity index (χ3n) is 4.67. The molecule has 12 heteroatoms. The SMILES string of the molecule is O=C=O.O=C=O.[C-]#[N+]c1ccc(NC[C@H](C)O)c(C)c1Cl.[C-]#[N+]c1ccc(N[C@@H](C)[C@H](C)O)c(C)c1Cl. The van der Waals surface area contributed by atoms with E-state index in [1.54, 1.807) is 32.0 Å². The predicted molar refractivity (Wildman–Crippen MR) is 140 cm³/mol. The van der Waals surface area contributed by atoms with E-state index >= 15 is 0 Å². The van der Waals surface area contributed by atoms with Gasteiger partial charge < -0.3 is 20.8 Å². The molecule has 0 unspecified atom stereocenters. The molecule has 0 amide bonds. The van der Waals surface area contributed by atoms with E-state index in [4.69, 9.17) is 60.6 Å². The molecule has 0 saturated heterocycles. The third kappa shape index (κ3) is 13.2. The van der Waals surface area contributed by atoms with E-state index in [0.717, 1.165) is 22.5 Å². The van der Waals surface area contributed by atoms with Crippen LogP contribution in [0.3, 0.4) is 0 Å². The van der Waals surface area contributed by atoms with Crippen molar-refractivity contribution in [3.8, 4) is 0 Å². The maximum Gasteiger partial charge on any atom is 0.373 e. The van der Waals surface area contributed by atoms with Crippen LogP contribution in [0.25, 0.3) is 9.69 Å². The number of carbonyl (C=O) groups excluding carboxylic acids is 4. The Labute approximate surface area is 225 Å². The van der Waals surface area contributed by atoms with E-state index in [9.17, 15) is 5.11 Å². The van der Waals surface area contributed by atoms with Crippen LogP contribution in [0, 0.1) is 27.0 Å². The minimum absolute atomic E-state index is 0.0615. The molecule has 3 atom stereocenters. The summed E-state index contributed by atoms with van der Waals surface area (Å²) in [6, 6.07) is 6.91. The molecule has 2 rings (SSSR count). The molecule has 37 heavy (non-hydrogen) atoms. The number of rotatable bonds is 6. The molecule has 10 nitrogen and oxygen atoms in total. The molecule has 0 spiro atoms. The summed E-state index contributed by atoms with van der Waals surface area (Å²) in [6.45, 7) is 23.3. The van der Waals surface area contributed by atoms with Crippen molar-refractivity contribution in [1.29, 1.82) is 0 Å². The van der Waals surface area contributed by atoms with Crippen molar-refractivity contribution >= 4 is 58.3 Å². The lowest BCUT2D eigenvalue weighted by Crippen LogP contribution is -2.28. The second-order valence-corrected chi connectivity index (χ2v) is 8.19. The van der Waals surface area contributed by atoms with E-state index in [2.05, 4.69) is 20.3 Å². The minimum atomic E-state index is -0.446. The number of aliphatic hydroxyl groups is 2. The largest absolute Gasteiger partial charge is 0.392 e. The Hall–Kier alpha value is -3.72. The van der Waals surface area contributed by atoms with Gasteiger partial charge in [-0.25, -0.2) is 9.69 Å². The van der Waals surface area contributed by atoms with Crippen molar-refractivity contribution in [3.05, 3.63) is 68.3 Å². The number of hydrogen-bond donors (Lipinski definition) is 4. The van der Waals surface area contributed by atoms with Crippen LogP contribution >= 0.6 is 23.2 Å². The molecule has 4 N–H and O–H groups in total.